The van der Waals surface area contributed by atoms with Gasteiger partial charge in [-0.05, 0) is 26.3 Å². The van der Waals surface area contributed by atoms with Gasteiger partial charge in [-0.25, -0.2) is 0 Å². The maximum absolute atomic E-state index is 12.2. The van der Waals surface area contributed by atoms with Crippen molar-refractivity contribution in [2.75, 3.05) is 33.2 Å². The molecule has 0 saturated carbocycles. The van der Waals surface area contributed by atoms with Crippen molar-refractivity contribution in [2.24, 2.45) is 5.41 Å². The second kappa shape index (κ2) is 6.43. The summed E-state index contributed by atoms with van der Waals surface area (Å²) in [6, 6.07) is 0. The summed E-state index contributed by atoms with van der Waals surface area (Å²) in [4.78, 5) is 24.8. The van der Waals surface area contributed by atoms with Crippen LogP contribution in [0.5, 0.6) is 0 Å². The second-order valence-electron chi connectivity index (χ2n) is 5.39. The molecule has 1 atom stereocenters. The highest BCUT2D eigenvalue weighted by atomic mass is 19.4. The average molecular weight is 295 g/mol. The topological polar surface area (TPSA) is 61.4 Å². The summed E-state index contributed by atoms with van der Waals surface area (Å²) in [5.41, 5.74) is -0.600. The Hall–Kier alpha value is -1.31. The van der Waals surface area contributed by atoms with Crippen molar-refractivity contribution in [3.63, 3.8) is 0 Å². The Kier molecular flexibility index (Phi) is 5.38. The normalized spacial score (nSPS) is 23.2. The number of hydrogen-bond acceptors (Lipinski definition) is 3. The third-order valence-electron chi connectivity index (χ3n) is 3.33. The maximum Gasteiger partial charge on any atom is 0.405 e. The lowest BCUT2D eigenvalue weighted by atomic mass is 9.81. The van der Waals surface area contributed by atoms with E-state index in [0.29, 0.717) is 13.0 Å². The van der Waals surface area contributed by atoms with Crippen LogP contribution in [0.4, 0.5) is 13.2 Å². The fourth-order valence-corrected chi connectivity index (χ4v) is 2.24. The highest BCUT2D eigenvalue weighted by Gasteiger charge is 2.37. The standard InChI is InChI=1S/C12H20F3N3O2/c1-11(4-3-5-16-7-11)10(20)18(2)6-9(19)17-8-12(13,14)15/h16H,3-8H2,1-2H3,(H,17,19). The molecule has 0 aromatic rings. The van der Waals surface area contributed by atoms with Crippen LogP contribution in [0.3, 0.4) is 0 Å². The van der Waals surface area contributed by atoms with E-state index >= 15 is 0 Å². The van der Waals surface area contributed by atoms with Crippen LogP contribution >= 0.6 is 0 Å². The third-order valence-corrected chi connectivity index (χ3v) is 3.33. The summed E-state index contributed by atoms with van der Waals surface area (Å²) in [7, 11) is 1.43. The van der Waals surface area contributed by atoms with Gasteiger partial charge in [-0.2, -0.15) is 13.2 Å². The minimum atomic E-state index is -4.45. The number of nitrogens with one attached hydrogen (secondary N) is 2. The predicted octanol–water partition coefficient (Wildman–Crippen LogP) is 0.513. The highest BCUT2D eigenvalue weighted by molar-refractivity contribution is 5.87. The molecular weight excluding hydrogens is 275 g/mol. The Morgan fingerprint density at radius 3 is 2.55 bits per heavy atom. The zero-order chi connectivity index (χ0) is 15.4. The van der Waals surface area contributed by atoms with Crippen LogP contribution in [0.25, 0.3) is 0 Å². The number of likely N-dealkylation sites (N-methyl/N-ethyl adjacent to an activating group) is 1. The lowest BCUT2D eigenvalue weighted by Crippen LogP contribution is -2.51. The Morgan fingerprint density at radius 2 is 2.05 bits per heavy atom. The smallest absolute Gasteiger partial charge is 0.345 e. The van der Waals surface area contributed by atoms with Gasteiger partial charge in [-0.1, -0.05) is 0 Å². The molecule has 0 bridgehead atoms. The fourth-order valence-electron chi connectivity index (χ4n) is 2.24. The summed E-state index contributed by atoms with van der Waals surface area (Å²) < 4.78 is 35.9. The molecule has 2 amide bonds. The molecule has 1 unspecified atom stereocenters. The first-order valence-corrected chi connectivity index (χ1v) is 6.44. The zero-order valence-corrected chi connectivity index (χ0v) is 11.6. The van der Waals surface area contributed by atoms with Crippen LogP contribution in [-0.2, 0) is 9.59 Å². The average Bonchev–Trinajstić information content (AvgIpc) is 2.35. The molecule has 0 radical (unpaired) electrons. The molecule has 1 aliphatic heterocycles. The Bertz CT molecular complexity index is 365. The Balaban J connectivity index is 2.47. The number of halogens is 3. The first kappa shape index (κ1) is 16.7. The van der Waals surface area contributed by atoms with Gasteiger partial charge in [0.1, 0.15) is 6.54 Å². The molecule has 0 aromatic carbocycles. The number of amides is 2. The van der Waals surface area contributed by atoms with Crippen molar-refractivity contribution >= 4 is 11.8 Å². The highest BCUT2D eigenvalue weighted by Crippen LogP contribution is 2.27. The monoisotopic (exact) mass is 295 g/mol. The van der Waals surface area contributed by atoms with Gasteiger partial charge in [0.05, 0.1) is 12.0 Å². The zero-order valence-electron chi connectivity index (χ0n) is 11.6. The number of rotatable bonds is 4. The SMILES string of the molecule is CN(CC(=O)NCC(F)(F)F)C(=O)C1(C)CCCNC1. The molecule has 5 nitrogen and oxygen atoms in total. The van der Waals surface area contributed by atoms with E-state index in [9.17, 15) is 22.8 Å². The molecule has 0 aliphatic carbocycles. The molecule has 1 rings (SSSR count). The molecule has 8 heteroatoms. The summed E-state index contributed by atoms with van der Waals surface area (Å²) >= 11 is 0. The van der Waals surface area contributed by atoms with E-state index in [1.807, 2.05) is 0 Å². The largest absolute Gasteiger partial charge is 0.405 e. The van der Waals surface area contributed by atoms with Crippen LogP contribution < -0.4 is 10.6 Å². The van der Waals surface area contributed by atoms with Crippen LogP contribution in [0.15, 0.2) is 0 Å². The minimum absolute atomic E-state index is 0.230. The van der Waals surface area contributed by atoms with Crippen LogP contribution in [-0.4, -0.2) is 56.1 Å². The van der Waals surface area contributed by atoms with Crippen molar-refractivity contribution in [1.29, 1.82) is 0 Å². The van der Waals surface area contributed by atoms with Crippen molar-refractivity contribution < 1.29 is 22.8 Å². The summed E-state index contributed by atoms with van der Waals surface area (Å²) in [5, 5.41) is 4.86. The molecule has 0 spiro atoms. The van der Waals surface area contributed by atoms with E-state index in [1.54, 1.807) is 12.2 Å². The van der Waals surface area contributed by atoms with Gasteiger partial charge in [-0.3, -0.25) is 9.59 Å². The Morgan fingerprint density at radius 1 is 1.40 bits per heavy atom. The van der Waals surface area contributed by atoms with E-state index in [4.69, 9.17) is 0 Å². The van der Waals surface area contributed by atoms with Gasteiger partial charge in [-0.15, -0.1) is 0 Å². The third kappa shape index (κ3) is 4.99. The van der Waals surface area contributed by atoms with E-state index in [0.717, 1.165) is 13.0 Å². The fraction of sp³-hybridized carbons (Fsp3) is 0.833. The van der Waals surface area contributed by atoms with Gasteiger partial charge in [0, 0.05) is 13.6 Å². The molecular formula is C12H20F3N3O2. The number of nitrogens with zero attached hydrogens (tertiary/aromatic N) is 1. The summed E-state index contributed by atoms with van der Waals surface area (Å²) in [5.74, 6) is -1.04. The molecule has 1 aliphatic rings. The first-order chi connectivity index (χ1) is 9.14. The van der Waals surface area contributed by atoms with Gasteiger partial charge < -0.3 is 15.5 Å². The van der Waals surface area contributed by atoms with Crippen LogP contribution in [0, 0.1) is 5.41 Å². The van der Waals surface area contributed by atoms with Crippen molar-refractivity contribution in [3.8, 4) is 0 Å². The second-order valence-corrected chi connectivity index (χ2v) is 5.39. The minimum Gasteiger partial charge on any atom is -0.345 e. The molecule has 1 saturated heterocycles. The lowest BCUT2D eigenvalue weighted by molar-refractivity contribution is -0.146. The number of carbonyl (C=O) groups excluding carboxylic acids is 2. The Labute approximate surface area is 115 Å². The molecule has 116 valence electrons. The summed E-state index contributed by atoms with van der Waals surface area (Å²) in [6.45, 7) is 1.40. The van der Waals surface area contributed by atoms with Crippen LogP contribution in [0.2, 0.25) is 0 Å². The maximum atomic E-state index is 12.2. The van der Waals surface area contributed by atoms with Gasteiger partial charge in [0.25, 0.3) is 0 Å². The van der Waals surface area contributed by atoms with Gasteiger partial charge in [0.15, 0.2) is 0 Å². The first-order valence-electron chi connectivity index (χ1n) is 6.44. The van der Waals surface area contributed by atoms with E-state index in [-0.39, 0.29) is 12.5 Å². The molecule has 0 aromatic heterocycles. The molecule has 1 fully saturated rings. The van der Waals surface area contributed by atoms with Crippen molar-refractivity contribution in [3.05, 3.63) is 0 Å². The van der Waals surface area contributed by atoms with Crippen molar-refractivity contribution in [2.45, 2.75) is 25.9 Å². The number of piperidine rings is 1. The van der Waals surface area contributed by atoms with E-state index < -0.39 is 24.0 Å². The number of hydrogen-bond donors (Lipinski definition) is 2. The number of alkyl halides is 3. The van der Waals surface area contributed by atoms with Crippen molar-refractivity contribution in [1.82, 2.24) is 15.5 Å². The lowest BCUT2D eigenvalue weighted by Gasteiger charge is -2.35. The quantitative estimate of drug-likeness (QED) is 0.794. The van der Waals surface area contributed by atoms with E-state index in [2.05, 4.69) is 5.32 Å². The van der Waals surface area contributed by atoms with E-state index in [1.165, 1.54) is 11.9 Å². The summed E-state index contributed by atoms with van der Waals surface area (Å²) in [6.07, 6.45) is -2.89. The molecule has 1 heterocycles. The predicted molar refractivity (Wildman–Crippen MR) is 66.9 cm³/mol. The molecule has 20 heavy (non-hydrogen) atoms. The van der Waals surface area contributed by atoms with Crippen LogP contribution in [0.1, 0.15) is 19.8 Å². The van der Waals surface area contributed by atoms with Gasteiger partial charge in [0.2, 0.25) is 11.8 Å². The van der Waals surface area contributed by atoms with Gasteiger partial charge >= 0.3 is 6.18 Å². The molecule has 2 N–H and O–H groups in total. The number of carbonyl (C=O) groups is 2.